The highest BCUT2D eigenvalue weighted by Gasteiger charge is 2.17. The van der Waals surface area contributed by atoms with Gasteiger partial charge in [0.25, 0.3) is 0 Å². The Morgan fingerprint density at radius 2 is 0.609 bits per heavy atom. The van der Waals surface area contributed by atoms with E-state index >= 15 is 0 Å². The molecule has 0 spiro atoms. The molecule has 4 heteroatoms. The first kappa shape index (κ1) is 56.9. The second kappa shape index (κ2) is 25.8. The minimum Gasteiger partial charge on any atom is -0.456 e. The maximum atomic E-state index is 6.28. The number of fused-ring (bicyclic) bond motifs is 8. The lowest BCUT2D eigenvalue weighted by Crippen LogP contribution is -2.09. The summed E-state index contributed by atoms with van der Waals surface area (Å²) in [5, 5.41) is 9.72. The Morgan fingerprint density at radius 1 is 0.253 bits per heavy atom. The second-order valence-corrected chi connectivity index (χ2v) is 22.2. The molecule has 0 fully saturated rings. The van der Waals surface area contributed by atoms with Crippen LogP contribution in [0.25, 0.3) is 110 Å². The summed E-state index contributed by atoms with van der Waals surface area (Å²) < 4.78 is 13.4. The molecule has 0 saturated carbocycles. The fourth-order valence-corrected chi connectivity index (χ4v) is 11.9. The number of benzene rings is 14. The van der Waals surface area contributed by atoms with Gasteiger partial charge < -0.3 is 13.7 Å². The second-order valence-electron chi connectivity index (χ2n) is 21.3. The molecule has 2 aromatic heterocycles. The van der Waals surface area contributed by atoms with E-state index in [4.69, 9.17) is 8.83 Å². The number of rotatable bonds is 9. The van der Waals surface area contributed by atoms with Gasteiger partial charge in [0.1, 0.15) is 22.3 Å². The highest BCUT2D eigenvalue weighted by Crippen LogP contribution is 2.41. The fraction of sp³-hybridized carbons (Fsp3) is 0.0361. The standard InChI is InChI=1S/C40H27NO.C25H18O.C16H11Br.2CH4/c1-2-9-28(10-3-1)29-17-21-32(22-18-29)41(34-25-26-38-37-14-6-7-16-39(37)42-40(38)27-34)33-23-19-31(20-24-33)36-15-8-12-30-11-4-5-13-35(30)36;1-2-6-20(7-3-1)21-13-10-18(11-14-21)16-19-12-15-23-22-8-4-5-9-24(22)26-25(23)17-19;17-14-10-8-13(9-11-14)16-7-3-5-12-4-1-2-6-15(12)16;;/h1-27H;1-15,17H,16H2;1-11H;2*1H4. The van der Waals surface area contributed by atoms with Crippen LogP contribution in [0.5, 0.6) is 0 Å². The van der Waals surface area contributed by atoms with E-state index in [9.17, 15) is 0 Å². The van der Waals surface area contributed by atoms with Gasteiger partial charge in [-0.1, -0.05) is 286 Å². The SMILES string of the molecule is Brc1ccc(-c2cccc3ccccc23)cc1.C.C.c1ccc(-c2ccc(Cc3ccc4c(c3)oc3ccccc34)cc2)cc1.c1ccc(-c2ccc(N(c3ccc(-c4cccc5ccccc45)cc3)c3ccc4c(c3)oc3ccccc34)cc2)cc1. The molecule has 0 N–H and O–H groups in total. The van der Waals surface area contributed by atoms with E-state index in [1.54, 1.807) is 0 Å². The Bertz CT molecular complexity index is 4940. The maximum Gasteiger partial charge on any atom is 0.137 e. The van der Waals surface area contributed by atoms with Crippen molar-refractivity contribution in [3.63, 3.8) is 0 Å². The van der Waals surface area contributed by atoms with Gasteiger partial charge in [-0.05, 0) is 150 Å². The van der Waals surface area contributed by atoms with Crippen LogP contribution < -0.4 is 4.90 Å². The number of hydrogen-bond acceptors (Lipinski definition) is 3. The maximum absolute atomic E-state index is 6.28. The van der Waals surface area contributed by atoms with Gasteiger partial charge in [-0.3, -0.25) is 0 Å². The lowest BCUT2D eigenvalue weighted by molar-refractivity contribution is 0.668. The van der Waals surface area contributed by atoms with Crippen LogP contribution in [0.2, 0.25) is 0 Å². The van der Waals surface area contributed by atoms with Gasteiger partial charge in [-0.15, -0.1) is 0 Å². The Morgan fingerprint density at radius 3 is 1.13 bits per heavy atom. The van der Waals surface area contributed by atoms with E-state index in [-0.39, 0.29) is 14.9 Å². The molecule has 0 bridgehead atoms. The lowest BCUT2D eigenvalue weighted by Gasteiger charge is -2.26. The first-order valence-corrected chi connectivity index (χ1v) is 29.6. The lowest BCUT2D eigenvalue weighted by atomic mass is 9.98. The zero-order chi connectivity index (χ0) is 56.9. The van der Waals surface area contributed by atoms with E-state index < -0.39 is 0 Å². The van der Waals surface area contributed by atoms with Crippen molar-refractivity contribution in [2.45, 2.75) is 21.3 Å². The summed E-state index contributed by atoms with van der Waals surface area (Å²) in [6.07, 6.45) is 0.905. The molecular weight excluding hydrogens is 1120 g/mol. The number of halogens is 1. The van der Waals surface area contributed by atoms with E-state index in [0.717, 1.165) is 61.1 Å². The molecule has 14 aromatic carbocycles. The third-order valence-electron chi connectivity index (χ3n) is 15.9. The summed E-state index contributed by atoms with van der Waals surface area (Å²) in [6, 6.07) is 115. The smallest absolute Gasteiger partial charge is 0.137 e. The van der Waals surface area contributed by atoms with E-state index in [1.807, 2.05) is 30.3 Å². The number of hydrogen-bond donors (Lipinski definition) is 0. The third-order valence-corrected chi connectivity index (χ3v) is 16.5. The molecule has 87 heavy (non-hydrogen) atoms. The molecule has 0 aliphatic heterocycles. The molecule has 0 aliphatic rings. The van der Waals surface area contributed by atoms with Crippen LogP contribution in [0.4, 0.5) is 17.1 Å². The molecule has 0 amide bonds. The number of anilines is 3. The van der Waals surface area contributed by atoms with Crippen molar-refractivity contribution in [3.8, 4) is 44.5 Å². The van der Waals surface area contributed by atoms with Gasteiger partial charge in [0.05, 0.1) is 0 Å². The Hall–Kier alpha value is -10.5. The van der Waals surface area contributed by atoms with Crippen LogP contribution in [-0.4, -0.2) is 0 Å². The zero-order valence-corrected chi connectivity index (χ0v) is 48.1. The first-order chi connectivity index (χ1) is 42.0. The summed E-state index contributed by atoms with van der Waals surface area (Å²) in [5.74, 6) is 0. The summed E-state index contributed by atoms with van der Waals surface area (Å²) in [5.41, 5.74) is 19.4. The van der Waals surface area contributed by atoms with Gasteiger partial charge in [0.15, 0.2) is 0 Å². The molecule has 0 aliphatic carbocycles. The molecule has 16 rings (SSSR count). The molecule has 420 valence electrons. The minimum atomic E-state index is 0. The summed E-state index contributed by atoms with van der Waals surface area (Å²) in [7, 11) is 0. The van der Waals surface area contributed by atoms with Crippen molar-refractivity contribution >= 4 is 98.4 Å². The van der Waals surface area contributed by atoms with Gasteiger partial charge in [0.2, 0.25) is 0 Å². The van der Waals surface area contributed by atoms with Crippen LogP contribution in [-0.2, 0) is 6.42 Å². The highest BCUT2D eigenvalue weighted by atomic mass is 79.9. The zero-order valence-electron chi connectivity index (χ0n) is 46.5. The van der Waals surface area contributed by atoms with E-state index in [0.29, 0.717) is 0 Å². The molecule has 3 nitrogen and oxygen atoms in total. The molecule has 0 unspecified atom stereocenters. The molecule has 0 saturated heterocycles. The monoisotopic (exact) mass is 1190 g/mol. The van der Waals surface area contributed by atoms with Gasteiger partial charge in [0, 0.05) is 49.1 Å². The summed E-state index contributed by atoms with van der Waals surface area (Å²) in [6.45, 7) is 0. The fourth-order valence-electron chi connectivity index (χ4n) is 11.7. The highest BCUT2D eigenvalue weighted by molar-refractivity contribution is 9.10. The van der Waals surface area contributed by atoms with Crippen LogP contribution >= 0.6 is 15.9 Å². The van der Waals surface area contributed by atoms with E-state index in [2.05, 4.69) is 318 Å². The number of furan rings is 2. The summed E-state index contributed by atoms with van der Waals surface area (Å²) >= 11 is 3.47. The average molecular weight is 1190 g/mol. The molecular formula is C83H64BrNO2. The molecule has 2 heterocycles. The first-order valence-electron chi connectivity index (χ1n) is 28.8. The van der Waals surface area contributed by atoms with Crippen molar-refractivity contribution in [2.24, 2.45) is 0 Å². The Labute approximate surface area is 517 Å². The number of para-hydroxylation sites is 2. The predicted molar refractivity (Wildman–Crippen MR) is 376 cm³/mol. The van der Waals surface area contributed by atoms with Gasteiger partial charge in [-0.25, -0.2) is 0 Å². The topological polar surface area (TPSA) is 29.5 Å². The van der Waals surface area contributed by atoms with Crippen LogP contribution in [0.15, 0.2) is 341 Å². The minimum absolute atomic E-state index is 0. The van der Waals surface area contributed by atoms with Crippen molar-refractivity contribution in [2.75, 3.05) is 4.90 Å². The van der Waals surface area contributed by atoms with Crippen molar-refractivity contribution in [1.82, 2.24) is 0 Å². The third kappa shape index (κ3) is 12.1. The number of nitrogens with zero attached hydrogens (tertiary/aromatic N) is 1. The van der Waals surface area contributed by atoms with Crippen LogP contribution in [0.1, 0.15) is 26.0 Å². The predicted octanol–water partition coefficient (Wildman–Crippen LogP) is 24.9. The molecule has 0 radical (unpaired) electrons. The van der Waals surface area contributed by atoms with Gasteiger partial charge >= 0.3 is 0 Å². The Kier molecular flexibility index (Phi) is 16.9. The van der Waals surface area contributed by atoms with Crippen molar-refractivity contribution in [3.05, 3.63) is 343 Å². The van der Waals surface area contributed by atoms with Crippen LogP contribution in [0, 0.1) is 0 Å². The quantitative estimate of drug-likeness (QED) is 0.144. The molecule has 16 aromatic rings. The van der Waals surface area contributed by atoms with Crippen molar-refractivity contribution in [1.29, 1.82) is 0 Å². The van der Waals surface area contributed by atoms with Crippen LogP contribution in [0.3, 0.4) is 0 Å². The van der Waals surface area contributed by atoms with Gasteiger partial charge in [-0.2, -0.15) is 0 Å². The summed E-state index contributed by atoms with van der Waals surface area (Å²) in [4.78, 5) is 2.30. The Balaban J connectivity index is 0.000000140. The normalized spacial score (nSPS) is 10.9. The largest absolute Gasteiger partial charge is 0.456 e. The van der Waals surface area contributed by atoms with E-state index in [1.165, 1.54) is 88.0 Å². The van der Waals surface area contributed by atoms with Crippen molar-refractivity contribution < 1.29 is 8.83 Å². The molecule has 0 atom stereocenters. The average Bonchev–Trinajstić information content (AvgIpc) is 2.49.